The van der Waals surface area contributed by atoms with Crippen LogP contribution >= 0.6 is 11.8 Å². The zero-order valence-corrected chi connectivity index (χ0v) is 22.4. The molecule has 2 unspecified atom stereocenters. The summed E-state index contributed by atoms with van der Waals surface area (Å²) in [6.45, 7) is 10.3. The van der Waals surface area contributed by atoms with Gasteiger partial charge in [0.1, 0.15) is 17.8 Å². The van der Waals surface area contributed by atoms with E-state index in [1.807, 2.05) is 50.4 Å². The second-order valence-corrected chi connectivity index (χ2v) is 9.07. The molecule has 2 rings (SSSR count). The molecule has 0 aliphatic carbocycles. The average Bonchev–Trinajstić information content (AvgIpc) is 2.89. The van der Waals surface area contributed by atoms with Crippen LogP contribution in [0.2, 0.25) is 0 Å². The first kappa shape index (κ1) is 28.2. The summed E-state index contributed by atoms with van der Waals surface area (Å²) in [4.78, 5) is 21.2. The third-order valence-electron chi connectivity index (χ3n) is 5.40. The van der Waals surface area contributed by atoms with Crippen LogP contribution in [0.3, 0.4) is 0 Å². The van der Waals surface area contributed by atoms with E-state index in [0.29, 0.717) is 23.1 Å². The van der Waals surface area contributed by atoms with Crippen LogP contribution in [0.4, 0.5) is 0 Å². The first-order valence-corrected chi connectivity index (χ1v) is 13.0. The van der Waals surface area contributed by atoms with Gasteiger partial charge in [-0.25, -0.2) is 4.99 Å². The summed E-state index contributed by atoms with van der Waals surface area (Å²) in [5.41, 5.74) is 2.75. The number of nitrogens with one attached hydrogen (secondary N) is 1. The van der Waals surface area contributed by atoms with Gasteiger partial charge in [-0.2, -0.15) is 0 Å². The van der Waals surface area contributed by atoms with E-state index >= 15 is 0 Å². The van der Waals surface area contributed by atoms with E-state index in [0.717, 1.165) is 23.4 Å². The Kier molecular flexibility index (Phi) is 12.1. The molecule has 2 atom stereocenters. The van der Waals surface area contributed by atoms with Crippen molar-refractivity contribution in [3.8, 4) is 5.75 Å². The molecule has 188 valence electrons. The van der Waals surface area contributed by atoms with Crippen LogP contribution in [0, 0.1) is 0 Å². The molecule has 0 spiro atoms. The highest BCUT2D eigenvalue weighted by Crippen LogP contribution is 2.18. The largest absolute Gasteiger partial charge is 0.489 e. The van der Waals surface area contributed by atoms with Crippen molar-refractivity contribution < 1.29 is 14.3 Å². The van der Waals surface area contributed by atoms with Crippen LogP contribution in [0.1, 0.15) is 63.4 Å². The zero-order chi connectivity index (χ0) is 25.6. The fraction of sp³-hybridized carbons (Fsp3) is 0.393. The predicted molar refractivity (Wildman–Crippen MR) is 148 cm³/mol. The molecule has 7 heteroatoms. The van der Waals surface area contributed by atoms with Crippen molar-refractivity contribution in [3.63, 3.8) is 0 Å². The Hall–Kier alpha value is -3.06. The van der Waals surface area contributed by atoms with Gasteiger partial charge in [0.25, 0.3) is 5.91 Å². The van der Waals surface area contributed by atoms with E-state index in [1.54, 1.807) is 43.1 Å². The highest BCUT2D eigenvalue weighted by molar-refractivity contribution is 8.13. The number of hydrogen-bond acceptors (Lipinski definition) is 6. The molecule has 0 aromatic heterocycles. The van der Waals surface area contributed by atoms with Crippen LogP contribution < -0.4 is 10.1 Å². The van der Waals surface area contributed by atoms with Crippen LogP contribution in [-0.4, -0.2) is 42.0 Å². The Morgan fingerprint density at radius 3 is 2.31 bits per heavy atom. The molecule has 35 heavy (non-hydrogen) atoms. The lowest BCUT2D eigenvalue weighted by Crippen LogP contribution is -2.26. The Morgan fingerprint density at radius 1 is 1.03 bits per heavy atom. The number of benzene rings is 2. The summed E-state index contributed by atoms with van der Waals surface area (Å²) in [5, 5.41) is 3.64. The van der Waals surface area contributed by atoms with Crippen molar-refractivity contribution in [1.82, 2.24) is 5.32 Å². The fourth-order valence-corrected chi connectivity index (χ4v) is 3.50. The lowest BCUT2D eigenvalue weighted by molar-refractivity contribution is 0.0963. The fourth-order valence-electron chi connectivity index (χ4n) is 2.87. The lowest BCUT2D eigenvalue weighted by Gasteiger charge is -2.20. The molecule has 0 saturated carbocycles. The summed E-state index contributed by atoms with van der Waals surface area (Å²) in [6.07, 6.45) is 3.56. The number of carbonyl (C=O) groups excluding carboxylic acids is 1. The number of hydrogen-bond donors (Lipinski definition) is 1. The number of aliphatic imine (C=N–C) groups is 2. The van der Waals surface area contributed by atoms with E-state index in [1.165, 1.54) is 5.57 Å². The van der Waals surface area contributed by atoms with E-state index in [9.17, 15) is 4.79 Å². The smallest absolute Gasteiger partial charge is 0.251 e. The SMILES string of the molecule is CCC(=N/C=C(\C)CC)SCOC(=NC(C)C(C)Oc1ccc(C(=O)NC)cc1)c1ccccc1. The number of allylic oxidation sites excluding steroid dienone is 1. The monoisotopic (exact) mass is 495 g/mol. The molecule has 1 N–H and O–H groups in total. The molecule has 0 aliphatic heterocycles. The topological polar surface area (TPSA) is 72.3 Å². The minimum Gasteiger partial charge on any atom is -0.489 e. The number of carbonyl (C=O) groups is 1. The second-order valence-electron chi connectivity index (χ2n) is 8.08. The van der Waals surface area contributed by atoms with Crippen LogP contribution in [0.15, 0.2) is 76.4 Å². The third kappa shape index (κ3) is 9.61. The number of nitrogens with zero attached hydrogens (tertiary/aromatic N) is 2. The molecule has 0 bridgehead atoms. The van der Waals surface area contributed by atoms with Crippen molar-refractivity contribution in [3.05, 3.63) is 77.5 Å². The van der Waals surface area contributed by atoms with Gasteiger partial charge in [-0.1, -0.05) is 49.4 Å². The standard InChI is InChI=1S/C28H37N3O3S/c1-7-20(3)18-30-26(8-2)35-19-33-28(24-12-10-9-11-13-24)31-21(4)22(5)34-25-16-14-23(15-17-25)27(32)29-6/h9-18,21-22H,7-8,19H2,1-6H3,(H,29,32)/b20-18+,30-26?,31-28?. The highest BCUT2D eigenvalue weighted by Gasteiger charge is 2.16. The number of rotatable bonds is 11. The molecule has 2 aromatic carbocycles. The summed E-state index contributed by atoms with van der Waals surface area (Å²) >= 11 is 1.58. The summed E-state index contributed by atoms with van der Waals surface area (Å²) in [5.74, 6) is 1.55. The van der Waals surface area contributed by atoms with E-state index in [4.69, 9.17) is 14.5 Å². The minimum absolute atomic E-state index is 0.127. The van der Waals surface area contributed by atoms with Crippen molar-refractivity contribution in [1.29, 1.82) is 0 Å². The maximum absolute atomic E-state index is 11.7. The van der Waals surface area contributed by atoms with Crippen LogP contribution in [-0.2, 0) is 4.74 Å². The molecule has 0 saturated heterocycles. The Bertz CT molecular complexity index is 1020. The first-order valence-electron chi connectivity index (χ1n) is 12.0. The first-order chi connectivity index (χ1) is 16.9. The third-order valence-corrected chi connectivity index (χ3v) is 6.36. The summed E-state index contributed by atoms with van der Waals surface area (Å²) < 4.78 is 12.2. The normalized spacial score (nSPS) is 14.3. The van der Waals surface area contributed by atoms with Crippen molar-refractivity contribution in [2.45, 2.75) is 59.6 Å². The molecule has 0 aliphatic rings. The molecule has 2 aromatic rings. The lowest BCUT2D eigenvalue weighted by atomic mass is 10.2. The van der Waals surface area contributed by atoms with Gasteiger partial charge in [0.15, 0.2) is 0 Å². The van der Waals surface area contributed by atoms with E-state index in [-0.39, 0.29) is 18.1 Å². The van der Waals surface area contributed by atoms with Crippen molar-refractivity contribution >= 4 is 28.6 Å². The van der Waals surface area contributed by atoms with Crippen molar-refractivity contribution in [2.24, 2.45) is 9.98 Å². The predicted octanol–water partition coefficient (Wildman–Crippen LogP) is 6.48. The Labute approximate surface area is 213 Å². The van der Waals surface area contributed by atoms with Gasteiger partial charge < -0.3 is 14.8 Å². The van der Waals surface area contributed by atoms with Crippen LogP contribution in [0.5, 0.6) is 5.75 Å². The number of ether oxygens (including phenoxy) is 2. The van der Waals surface area contributed by atoms with Gasteiger partial charge in [-0.05, 0) is 70.0 Å². The number of thioether (sulfide) groups is 1. The highest BCUT2D eigenvalue weighted by atomic mass is 32.2. The molecule has 0 radical (unpaired) electrons. The molecule has 6 nitrogen and oxygen atoms in total. The second kappa shape index (κ2) is 15.0. The van der Waals surface area contributed by atoms with Gasteiger partial charge in [0, 0.05) is 24.4 Å². The number of amides is 1. The Balaban J connectivity index is 2.09. The maximum atomic E-state index is 11.7. The minimum atomic E-state index is -0.203. The van der Waals surface area contributed by atoms with E-state index in [2.05, 4.69) is 31.1 Å². The molecular weight excluding hydrogens is 458 g/mol. The average molecular weight is 496 g/mol. The van der Waals surface area contributed by atoms with Gasteiger partial charge >= 0.3 is 0 Å². The van der Waals surface area contributed by atoms with E-state index < -0.39 is 0 Å². The van der Waals surface area contributed by atoms with Gasteiger partial charge in [-0.15, -0.1) is 0 Å². The summed E-state index contributed by atoms with van der Waals surface area (Å²) in [6, 6.07) is 16.8. The molecule has 1 amide bonds. The zero-order valence-electron chi connectivity index (χ0n) is 21.6. The molecule has 0 heterocycles. The van der Waals surface area contributed by atoms with Crippen LogP contribution in [0.25, 0.3) is 0 Å². The maximum Gasteiger partial charge on any atom is 0.251 e. The van der Waals surface area contributed by atoms with Gasteiger partial charge in [0.05, 0.1) is 11.1 Å². The molecular formula is C28H37N3O3S. The summed E-state index contributed by atoms with van der Waals surface area (Å²) in [7, 11) is 1.61. The van der Waals surface area contributed by atoms with Gasteiger partial charge in [0.2, 0.25) is 5.90 Å². The quantitative estimate of drug-likeness (QED) is 0.220. The molecule has 0 fully saturated rings. The van der Waals surface area contributed by atoms with Crippen molar-refractivity contribution in [2.75, 3.05) is 13.0 Å². The van der Waals surface area contributed by atoms with Gasteiger partial charge in [-0.3, -0.25) is 9.79 Å². The Morgan fingerprint density at radius 2 is 1.71 bits per heavy atom.